The van der Waals surface area contributed by atoms with Gasteiger partial charge in [0.25, 0.3) is 0 Å². The van der Waals surface area contributed by atoms with Crippen molar-refractivity contribution in [2.45, 2.75) is 26.2 Å². The molecule has 10 aromatic rings. The standard InChI is InChI=1S/C59H43N5/c1-38-18-24-52-53-25-23-43(35-55(53)59(2,3)54(52)28-38)46-29-50(49-31-47(44-16-10-26-60-36-44)30-48(32-49)45-17-11-27-61-37-45)34-51(33-46)58-63-56(41-14-8-5-9-15-41)62-57(64-58)42-21-19-40(20-22-42)39-12-6-4-7-13-39/h4-37H,1-3H3. The van der Waals surface area contributed by atoms with Gasteiger partial charge >= 0.3 is 0 Å². The van der Waals surface area contributed by atoms with E-state index in [1.54, 1.807) is 0 Å². The molecular weight excluding hydrogens is 779 g/mol. The second kappa shape index (κ2) is 16.0. The fourth-order valence-corrected chi connectivity index (χ4v) is 9.11. The number of aryl methyl sites for hydroxylation is 1. The minimum absolute atomic E-state index is 0.159. The molecule has 7 aromatic carbocycles. The van der Waals surface area contributed by atoms with Gasteiger partial charge in [-0.25, -0.2) is 15.0 Å². The van der Waals surface area contributed by atoms with Gasteiger partial charge in [-0.15, -0.1) is 0 Å². The normalized spacial score (nSPS) is 12.4. The molecule has 5 heteroatoms. The van der Waals surface area contributed by atoms with Crippen LogP contribution in [0.5, 0.6) is 0 Å². The van der Waals surface area contributed by atoms with Gasteiger partial charge in [0.05, 0.1) is 0 Å². The first-order valence-electron chi connectivity index (χ1n) is 21.7. The van der Waals surface area contributed by atoms with Gasteiger partial charge in [0.2, 0.25) is 0 Å². The molecule has 5 nitrogen and oxygen atoms in total. The molecule has 304 valence electrons. The van der Waals surface area contributed by atoms with Crippen molar-refractivity contribution >= 4 is 0 Å². The second-order valence-electron chi connectivity index (χ2n) is 17.1. The first kappa shape index (κ1) is 38.7. The van der Waals surface area contributed by atoms with E-state index in [2.05, 4.69) is 176 Å². The second-order valence-corrected chi connectivity index (χ2v) is 17.1. The van der Waals surface area contributed by atoms with Crippen LogP contribution >= 0.6 is 0 Å². The molecule has 0 saturated carbocycles. The Kier molecular flexibility index (Phi) is 9.66. The summed E-state index contributed by atoms with van der Waals surface area (Å²) >= 11 is 0. The summed E-state index contributed by atoms with van der Waals surface area (Å²) in [5.74, 6) is 1.82. The Morgan fingerprint density at radius 3 is 1.25 bits per heavy atom. The Labute approximate surface area is 373 Å². The maximum atomic E-state index is 5.28. The van der Waals surface area contributed by atoms with Gasteiger partial charge < -0.3 is 0 Å². The number of nitrogens with zero attached hydrogens (tertiary/aromatic N) is 5. The molecule has 64 heavy (non-hydrogen) atoms. The van der Waals surface area contributed by atoms with Crippen molar-refractivity contribution in [3.63, 3.8) is 0 Å². The van der Waals surface area contributed by atoms with Gasteiger partial charge in [0.1, 0.15) is 0 Å². The van der Waals surface area contributed by atoms with Crippen molar-refractivity contribution < 1.29 is 0 Å². The maximum absolute atomic E-state index is 5.28. The fraction of sp³-hybridized carbons (Fsp3) is 0.0678. The average Bonchev–Trinajstić information content (AvgIpc) is 3.58. The number of rotatable bonds is 8. The lowest BCUT2D eigenvalue weighted by Gasteiger charge is -2.22. The van der Waals surface area contributed by atoms with Crippen LogP contribution in [0.25, 0.3) is 101 Å². The smallest absolute Gasteiger partial charge is 0.164 e. The fourth-order valence-electron chi connectivity index (χ4n) is 9.11. The summed E-state index contributed by atoms with van der Waals surface area (Å²) in [7, 11) is 0. The molecule has 0 amide bonds. The third kappa shape index (κ3) is 7.27. The van der Waals surface area contributed by atoms with Gasteiger partial charge in [0, 0.05) is 58.0 Å². The molecule has 0 saturated heterocycles. The van der Waals surface area contributed by atoms with Gasteiger partial charge in [-0.05, 0) is 128 Å². The number of hydrogen-bond acceptors (Lipinski definition) is 5. The van der Waals surface area contributed by atoms with Crippen LogP contribution in [-0.2, 0) is 5.41 Å². The van der Waals surface area contributed by atoms with E-state index in [-0.39, 0.29) is 5.41 Å². The maximum Gasteiger partial charge on any atom is 0.164 e. The number of aromatic nitrogens is 5. The topological polar surface area (TPSA) is 64.5 Å². The van der Waals surface area contributed by atoms with Gasteiger partial charge in [-0.3, -0.25) is 9.97 Å². The number of fused-ring (bicyclic) bond motifs is 3. The zero-order chi connectivity index (χ0) is 43.2. The summed E-state index contributed by atoms with van der Waals surface area (Å²) in [6.45, 7) is 6.86. The summed E-state index contributed by atoms with van der Waals surface area (Å²) in [6, 6.07) is 64.6. The van der Waals surface area contributed by atoms with Crippen molar-refractivity contribution in [1.82, 2.24) is 24.9 Å². The van der Waals surface area contributed by atoms with Crippen LogP contribution in [0.15, 0.2) is 207 Å². The van der Waals surface area contributed by atoms with E-state index in [0.717, 1.165) is 72.3 Å². The molecule has 0 atom stereocenters. The highest BCUT2D eigenvalue weighted by Crippen LogP contribution is 2.50. The molecule has 0 N–H and O–H groups in total. The molecule has 0 aliphatic heterocycles. The summed E-state index contributed by atoms with van der Waals surface area (Å²) in [6.07, 6.45) is 7.47. The van der Waals surface area contributed by atoms with E-state index in [4.69, 9.17) is 15.0 Å². The lowest BCUT2D eigenvalue weighted by molar-refractivity contribution is 0.660. The highest BCUT2D eigenvalue weighted by Gasteiger charge is 2.35. The zero-order valence-corrected chi connectivity index (χ0v) is 35.9. The quantitative estimate of drug-likeness (QED) is 0.153. The van der Waals surface area contributed by atoms with Crippen molar-refractivity contribution in [2.24, 2.45) is 0 Å². The largest absolute Gasteiger partial charge is 0.264 e. The van der Waals surface area contributed by atoms with Gasteiger partial charge in [-0.1, -0.05) is 147 Å². The van der Waals surface area contributed by atoms with E-state index >= 15 is 0 Å². The monoisotopic (exact) mass is 821 g/mol. The molecule has 3 heterocycles. The third-order valence-electron chi connectivity index (χ3n) is 12.5. The van der Waals surface area contributed by atoms with Crippen molar-refractivity contribution in [2.75, 3.05) is 0 Å². The lowest BCUT2D eigenvalue weighted by atomic mass is 9.81. The minimum Gasteiger partial charge on any atom is -0.264 e. The van der Waals surface area contributed by atoms with Crippen LogP contribution in [0.2, 0.25) is 0 Å². The Morgan fingerprint density at radius 1 is 0.312 bits per heavy atom. The SMILES string of the molecule is Cc1ccc2c(c1)C(C)(C)c1cc(-c3cc(-c4cc(-c5cccnc5)cc(-c5cccnc5)c4)cc(-c4nc(-c5ccccc5)nc(-c5ccc(-c6ccccc6)cc5)n4)c3)ccc1-2. The third-order valence-corrected chi connectivity index (χ3v) is 12.5. The van der Waals surface area contributed by atoms with Gasteiger partial charge in [-0.2, -0.15) is 0 Å². The molecule has 1 aliphatic rings. The van der Waals surface area contributed by atoms with Crippen LogP contribution in [0, 0.1) is 6.92 Å². The van der Waals surface area contributed by atoms with Crippen molar-refractivity contribution in [1.29, 1.82) is 0 Å². The molecule has 11 rings (SSSR count). The Hall–Kier alpha value is -8.15. The Balaban J connectivity index is 1.12. The highest BCUT2D eigenvalue weighted by molar-refractivity contribution is 5.88. The predicted molar refractivity (Wildman–Crippen MR) is 261 cm³/mol. The number of hydrogen-bond donors (Lipinski definition) is 0. The van der Waals surface area contributed by atoms with E-state index in [1.165, 1.54) is 27.8 Å². The zero-order valence-electron chi connectivity index (χ0n) is 35.9. The Morgan fingerprint density at radius 2 is 0.703 bits per heavy atom. The van der Waals surface area contributed by atoms with E-state index in [0.29, 0.717) is 17.5 Å². The van der Waals surface area contributed by atoms with Crippen LogP contribution < -0.4 is 0 Å². The molecule has 0 radical (unpaired) electrons. The highest BCUT2D eigenvalue weighted by atomic mass is 15.0. The van der Waals surface area contributed by atoms with E-state index in [1.807, 2.05) is 61.2 Å². The van der Waals surface area contributed by atoms with E-state index < -0.39 is 0 Å². The van der Waals surface area contributed by atoms with Crippen molar-refractivity contribution in [3.05, 3.63) is 223 Å². The average molecular weight is 822 g/mol. The molecule has 0 fully saturated rings. The first-order chi connectivity index (χ1) is 31.3. The summed E-state index contributed by atoms with van der Waals surface area (Å²) < 4.78 is 0. The predicted octanol–water partition coefficient (Wildman–Crippen LogP) is 14.6. The molecule has 0 spiro atoms. The number of benzene rings is 7. The van der Waals surface area contributed by atoms with E-state index in [9.17, 15) is 0 Å². The molecule has 1 aliphatic carbocycles. The Bertz CT molecular complexity index is 3270. The first-order valence-corrected chi connectivity index (χ1v) is 21.7. The van der Waals surface area contributed by atoms with Crippen molar-refractivity contribution in [3.8, 4) is 101 Å². The minimum atomic E-state index is -0.159. The summed E-state index contributed by atoms with van der Waals surface area (Å²) in [4.78, 5) is 24.6. The van der Waals surface area contributed by atoms with Crippen LogP contribution in [-0.4, -0.2) is 24.9 Å². The molecule has 3 aromatic heterocycles. The molecule has 0 unspecified atom stereocenters. The van der Waals surface area contributed by atoms with Crippen LogP contribution in [0.1, 0.15) is 30.5 Å². The summed E-state index contributed by atoms with van der Waals surface area (Å²) in [5, 5.41) is 0. The number of pyridine rings is 2. The van der Waals surface area contributed by atoms with Crippen LogP contribution in [0.3, 0.4) is 0 Å². The lowest BCUT2D eigenvalue weighted by Crippen LogP contribution is -2.15. The summed E-state index contributed by atoms with van der Waals surface area (Å²) in [5.41, 5.74) is 19.9. The molecule has 0 bridgehead atoms. The molecular formula is C59H43N5. The van der Waals surface area contributed by atoms with Gasteiger partial charge in [0.15, 0.2) is 17.5 Å². The van der Waals surface area contributed by atoms with Crippen LogP contribution in [0.4, 0.5) is 0 Å².